The highest BCUT2D eigenvalue weighted by molar-refractivity contribution is 5.78. The molecule has 2 nitrogen and oxygen atoms in total. The summed E-state index contributed by atoms with van der Waals surface area (Å²) in [5, 5.41) is 2.82. The fourth-order valence-electron chi connectivity index (χ4n) is 2.69. The van der Waals surface area contributed by atoms with Crippen LogP contribution in [-0.4, -0.2) is 18.6 Å². The summed E-state index contributed by atoms with van der Waals surface area (Å²) in [6.45, 7) is 4.69. The Kier molecular flexibility index (Phi) is 6.14. The number of carbonyl (C=O) groups excluding carboxylic acids is 1. The molecule has 0 bridgehead atoms. The molecule has 0 aromatic carbocycles. The van der Waals surface area contributed by atoms with Gasteiger partial charge in [0, 0.05) is 12.5 Å². The molecule has 1 fully saturated rings. The monoisotopic (exact) mass is 279 g/mol. The molecule has 1 saturated carbocycles. The van der Waals surface area contributed by atoms with E-state index in [0.717, 1.165) is 12.8 Å². The van der Waals surface area contributed by atoms with Crippen molar-refractivity contribution >= 4 is 5.91 Å². The molecule has 2 atom stereocenters. The molecule has 1 N–H and O–H groups in total. The zero-order valence-electron chi connectivity index (χ0n) is 11.7. The van der Waals surface area contributed by atoms with Crippen molar-refractivity contribution < 1.29 is 18.0 Å². The van der Waals surface area contributed by atoms with Crippen LogP contribution in [0.15, 0.2) is 0 Å². The number of halogens is 3. The first kappa shape index (κ1) is 16.3. The Morgan fingerprint density at radius 1 is 1.26 bits per heavy atom. The molecule has 0 heterocycles. The number of alkyl halides is 3. The van der Waals surface area contributed by atoms with E-state index in [1.807, 2.05) is 0 Å². The van der Waals surface area contributed by atoms with Gasteiger partial charge in [-0.2, -0.15) is 13.2 Å². The zero-order valence-corrected chi connectivity index (χ0v) is 11.7. The Bertz CT molecular complexity index is 287. The largest absolute Gasteiger partial charge is 0.391 e. The Hall–Kier alpha value is -0.740. The van der Waals surface area contributed by atoms with E-state index in [9.17, 15) is 18.0 Å². The summed E-state index contributed by atoms with van der Waals surface area (Å²) in [5.41, 5.74) is 0. The molecule has 1 aliphatic carbocycles. The van der Waals surface area contributed by atoms with Gasteiger partial charge in [0.1, 0.15) is 0 Å². The molecule has 0 aromatic heterocycles. The summed E-state index contributed by atoms with van der Waals surface area (Å²) >= 11 is 0. The summed E-state index contributed by atoms with van der Waals surface area (Å²) in [5.74, 6) is -1.54. The second-order valence-electron chi connectivity index (χ2n) is 5.53. The predicted octanol–water partition coefficient (Wildman–Crippen LogP) is 3.91. The third kappa shape index (κ3) is 5.03. The topological polar surface area (TPSA) is 29.1 Å². The second-order valence-corrected chi connectivity index (χ2v) is 5.53. The molecule has 1 aliphatic rings. The van der Waals surface area contributed by atoms with Crippen LogP contribution < -0.4 is 5.32 Å². The minimum absolute atomic E-state index is 0.0434. The van der Waals surface area contributed by atoms with Gasteiger partial charge < -0.3 is 5.32 Å². The predicted molar refractivity (Wildman–Crippen MR) is 68.6 cm³/mol. The molecular weight excluding hydrogens is 255 g/mol. The van der Waals surface area contributed by atoms with E-state index < -0.39 is 18.0 Å². The van der Waals surface area contributed by atoms with Crippen LogP contribution in [0, 0.1) is 17.8 Å². The minimum Gasteiger partial charge on any atom is -0.356 e. The Morgan fingerprint density at radius 2 is 1.89 bits per heavy atom. The molecule has 1 amide bonds. The third-order valence-electron chi connectivity index (χ3n) is 4.23. The van der Waals surface area contributed by atoms with Crippen molar-refractivity contribution in [2.24, 2.45) is 17.8 Å². The lowest BCUT2D eigenvalue weighted by atomic mass is 9.80. The van der Waals surface area contributed by atoms with E-state index in [0.29, 0.717) is 25.3 Å². The number of carbonyl (C=O) groups is 1. The molecule has 0 aliphatic heterocycles. The van der Waals surface area contributed by atoms with Gasteiger partial charge >= 0.3 is 6.18 Å². The van der Waals surface area contributed by atoms with Crippen LogP contribution in [0.4, 0.5) is 13.2 Å². The lowest BCUT2D eigenvalue weighted by Crippen LogP contribution is -2.39. The van der Waals surface area contributed by atoms with Gasteiger partial charge in [-0.1, -0.05) is 33.1 Å². The van der Waals surface area contributed by atoms with Crippen molar-refractivity contribution in [1.29, 1.82) is 0 Å². The van der Waals surface area contributed by atoms with Gasteiger partial charge in [0.05, 0.1) is 5.92 Å². The highest BCUT2D eigenvalue weighted by atomic mass is 19.4. The van der Waals surface area contributed by atoms with Crippen LogP contribution in [0.2, 0.25) is 0 Å². The number of nitrogens with one attached hydrogen (secondary N) is 1. The van der Waals surface area contributed by atoms with Crippen molar-refractivity contribution in [2.45, 2.75) is 58.5 Å². The first-order valence-electron chi connectivity index (χ1n) is 7.22. The molecule has 0 spiro atoms. The molecule has 112 valence electrons. The Labute approximate surface area is 113 Å². The van der Waals surface area contributed by atoms with Gasteiger partial charge in [0.2, 0.25) is 5.91 Å². The van der Waals surface area contributed by atoms with Gasteiger partial charge in [0.15, 0.2) is 0 Å². The Morgan fingerprint density at radius 3 is 2.42 bits per heavy atom. The van der Waals surface area contributed by atoms with Crippen molar-refractivity contribution in [3.05, 3.63) is 0 Å². The van der Waals surface area contributed by atoms with Gasteiger partial charge in [0.25, 0.3) is 0 Å². The lowest BCUT2D eigenvalue weighted by molar-refractivity contribution is -0.186. The fraction of sp³-hybridized carbons (Fsp3) is 0.929. The van der Waals surface area contributed by atoms with Crippen molar-refractivity contribution in [3.8, 4) is 0 Å². The molecule has 0 aromatic rings. The van der Waals surface area contributed by atoms with E-state index in [-0.39, 0.29) is 18.7 Å². The van der Waals surface area contributed by atoms with E-state index in [1.54, 1.807) is 0 Å². The van der Waals surface area contributed by atoms with Gasteiger partial charge in [-0.25, -0.2) is 0 Å². The van der Waals surface area contributed by atoms with E-state index in [2.05, 4.69) is 19.2 Å². The molecule has 0 saturated heterocycles. The summed E-state index contributed by atoms with van der Waals surface area (Å²) in [6.07, 6.45) is -1.000. The Balaban J connectivity index is 2.44. The third-order valence-corrected chi connectivity index (χ3v) is 4.23. The number of rotatable bonds is 5. The summed E-state index contributed by atoms with van der Waals surface area (Å²) in [4.78, 5) is 11.9. The molecular formula is C14H24F3NO. The lowest BCUT2D eigenvalue weighted by Gasteiger charge is -2.30. The smallest absolute Gasteiger partial charge is 0.356 e. The molecule has 19 heavy (non-hydrogen) atoms. The first-order valence-corrected chi connectivity index (χ1v) is 7.22. The number of hydrogen-bond donors (Lipinski definition) is 1. The van der Waals surface area contributed by atoms with E-state index >= 15 is 0 Å². The van der Waals surface area contributed by atoms with Crippen LogP contribution in [0.3, 0.4) is 0 Å². The highest BCUT2D eigenvalue weighted by Gasteiger charge is 2.43. The first-order chi connectivity index (χ1) is 8.88. The average Bonchev–Trinajstić information content (AvgIpc) is 2.39. The van der Waals surface area contributed by atoms with Crippen LogP contribution >= 0.6 is 0 Å². The molecule has 2 unspecified atom stereocenters. The maximum atomic E-state index is 12.7. The van der Waals surface area contributed by atoms with E-state index in [1.165, 1.54) is 0 Å². The van der Waals surface area contributed by atoms with Gasteiger partial charge in [-0.15, -0.1) is 0 Å². The van der Waals surface area contributed by atoms with Crippen molar-refractivity contribution in [1.82, 2.24) is 5.32 Å². The standard InChI is InChI=1S/C14H24F3NO/c1-3-10(4-2)9-18-13(19)11-6-5-7-12(8-11)14(15,16)17/h10-12H,3-9H2,1-2H3,(H,18,19). The normalized spacial score (nSPS) is 24.5. The summed E-state index contributed by atoms with van der Waals surface area (Å²) in [7, 11) is 0. The van der Waals surface area contributed by atoms with Gasteiger partial charge in [-0.05, 0) is 25.2 Å². The quantitative estimate of drug-likeness (QED) is 0.812. The maximum Gasteiger partial charge on any atom is 0.391 e. The SMILES string of the molecule is CCC(CC)CNC(=O)C1CCCC(C(F)(F)F)C1. The highest BCUT2D eigenvalue weighted by Crippen LogP contribution is 2.39. The summed E-state index contributed by atoms with van der Waals surface area (Å²) in [6, 6.07) is 0. The molecule has 0 radical (unpaired) electrons. The summed E-state index contributed by atoms with van der Waals surface area (Å²) < 4.78 is 38.0. The fourth-order valence-corrected chi connectivity index (χ4v) is 2.69. The zero-order chi connectivity index (χ0) is 14.5. The molecule has 1 rings (SSSR count). The molecule has 5 heteroatoms. The van der Waals surface area contributed by atoms with Crippen LogP contribution in [0.25, 0.3) is 0 Å². The van der Waals surface area contributed by atoms with Crippen LogP contribution in [0.5, 0.6) is 0 Å². The van der Waals surface area contributed by atoms with Crippen LogP contribution in [0.1, 0.15) is 52.4 Å². The van der Waals surface area contributed by atoms with Gasteiger partial charge in [-0.3, -0.25) is 4.79 Å². The number of hydrogen-bond acceptors (Lipinski definition) is 1. The van der Waals surface area contributed by atoms with Crippen molar-refractivity contribution in [2.75, 3.05) is 6.54 Å². The van der Waals surface area contributed by atoms with Crippen molar-refractivity contribution in [3.63, 3.8) is 0 Å². The number of amides is 1. The second kappa shape index (κ2) is 7.15. The average molecular weight is 279 g/mol. The van der Waals surface area contributed by atoms with E-state index in [4.69, 9.17) is 0 Å². The van der Waals surface area contributed by atoms with Crippen LogP contribution in [-0.2, 0) is 4.79 Å². The maximum absolute atomic E-state index is 12.7. The minimum atomic E-state index is -4.16.